The van der Waals surface area contributed by atoms with E-state index >= 15 is 0 Å². The van der Waals surface area contributed by atoms with Gasteiger partial charge in [0.2, 0.25) is 0 Å². The molecule has 2 atom stereocenters. The lowest BCUT2D eigenvalue weighted by molar-refractivity contribution is -0.385. The Kier molecular flexibility index (Phi) is 5.09. The van der Waals surface area contributed by atoms with Gasteiger partial charge in [-0.15, -0.1) is 0 Å². The van der Waals surface area contributed by atoms with Gasteiger partial charge >= 0.3 is 0 Å². The molecule has 0 spiro atoms. The van der Waals surface area contributed by atoms with Crippen LogP contribution in [-0.2, 0) is 0 Å². The quantitative estimate of drug-likeness (QED) is 0.624. The SMILES string of the molecule is CCNC(C)C(C)c1ccc(OC)cc1[N+](=O)[O-]. The van der Waals surface area contributed by atoms with E-state index in [0.29, 0.717) is 5.75 Å². The fourth-order valence-corrected chi connectivity index (χ4v) is 1.96. The van der Waals surface area contributed by atoms with Crippen LogP contribution in [-0.4, -0.2) is 24.6 Å². The van der Waals surface area contributed by atoms with Crippen molar-refractivity contribution >= 4 is 5.69 Å². The number of nitrogens with zero attached hydrogens (tertiary/aromatic N) is 1. The van der Waals surface area contributed by atoms with Crippen LogP contribution < -0.4 is 10.1 Å². The van der Waals surface area contributed by atoms with Gasteiger partial charge in [-0.1, -0.05) is 13.8 Å². The summed E-state index contributed by atoms with van der Waals surface area (Å²) in [4.78, 5) is 10.8. The topological polar surface area (TPSA) is 64.4 Å². The van der Waals surface area contributed by atoms with Crippen molar-refractivity contribution < 1.29 is 9.66 Å². The number of benzene rings is 1. The highest BCUT2D eigenvalue weighted by Gasteiger charge is 2.23. The second-order valence-electron chi connectivity index (χ2n) is 4.32. The minimum absolute atomic E-state index is 0.0660. The molecule has 0 radical (unpaired) electrons. The molecule has 1 N–H and O–H groups in total. The van der Waals surface area contributed by atoms with Crippen LogP contribution in [0.15, 0.2) is 18.2 Å². The van der Waals surface area contributed by atoms with Crippen LogP contribution in [0.5, 0.6) is 5.75 Å². The van der Waals surface area contributed by atoms with Crippen molar-refractivity contribution in [3.63, 3.8) is 0 Å². The second kappa shape index (κ2) is 6.35. The minimum Gasteiger partial charge on any atom is -0.497 e. The fraction of sp³-hybridized carbons (Fsp3) is 0.538. The van der Waals surface area contributed by atoms with Crippen molar-refractivity contribution in [3.8, 4) is 5.75 Å². The van der Waals surface area contributed by atoms with Crippen LogP contribution in [0.1, 0.15) is 32.3 Å². The van der Waals surface area contributed by atoms with E-state index in [1.54, 1.807) is 12.1 Å². The summed E-state index contributed by atoms with van der Waals surface area (Å²) in [5, 5.41) is 14.4. The molecule has 2 unspecified atom stereocenters. The van der Waals surface area contributed by atoms with E-state index in [4.69, 9.17) is 4.74 Å². The van der Waals surface area contributed by atoms with Gasteiger partial charge in [0.1, 0.15) is 5.75 Å². The molecule has 100 valence electrons. The Morgan fingerprint density at radius 1 is 1.44 bits per heavy atom. The van der Waals surface area contributed by atoms with Crippen LogP contribution >= 0.6 is 0 Å². The number of hydrogen-bond acceptors (Lipinski definition) is 4. The molecule has 0 amide bonds. The molecule has 1 aromatic rings. The summed E-state index contributed by atoms with van der Waals surface area (Å²) >= 11 is 0. The molecule has 0 aliphatic rings. The molecule has 0 heterocycles. The lowest BCUT2D eigenvalue weighted by Gasteiger charge is -2.21. The van der Waals surface area contributed by atoms with Crippen LogP contribution in [0.3, 0.4) is 0 Å². The number of methoxy groups -OCH3 is 1. The highest BCUT2D eigenvalue weighted by atomic mass is 16.6. The van der Waals surface area contributed by atoms with E-state index in [-0.39, 0.29) is 22.6 Å². The normalized spacial score (nSPS) is 14.0. The predicted molar refractivity (Wildman–Crippen MR) is 71.2 cm³/mol. The first-order valence-corrected chi connectivity index (χ1v) is 6.07. The summed E-state index contributed by atoms with van der Waals surface area (Å²) < 4.78 is 5.03. The van der Waals surface area contributed by atoms with Gasteiger partial charge in [0, 0.05) is 17.5 Å². The number of nitro benzene ring substituents is 1. The monoisotopic (exact) mass is 252 g/mol. The molecule has 0 aliphatic heterocycles. The number of hydrogen-bond donors (Lipinski definition) is 1. The Bertz CT molecular complexity index is 421. The summed E-state index contributed by atoms with van der Waals surface area (Å²) in [6.45, 7) is 6.88. The van der Waals surface area contributed by atoms with E-state index in [1.165, 1.54) is 13.2 Å². The summed E-state index contributed by atoms with van der Waals surface area (Å²) in [6.07, 6.45) is 0. The Balaban J connectivity index is 3.10. The molecule has 1 rings (SSSR count). The first-order chi connectivity index (χ1) is 8.51. The Morgan fingerprint density at radius 3 is 2.61 bits per heavy atom. The van der Waals surface area contributed by atoms with Crippen molar-refractivity contribution in [1.29, 1.82) is 0 Å². The maximum absolute atomic E-state index is 11.1. The van der Waals surface area contributed by atoms with Gasteiger partial charge in [0.15, 0.2) is 0 Å². The maximum Gasteiger partial charge on any atom is 0.276 e. The average molecular weight is 252 g/mol. The van der Waals surface area contributed by atoms with Gasteiger partial charge in [-0.2, -0.15) is 0 Å². The standard InChI is InChI=1S/C13H20N2O3/c1-5-14-10(3)9(2)12-7-6-11(18-4)8-13(12)15(16)17/h6-10,14H,5H2,1-4H3. The van der Waals surface area contributed by atoms with Crippen LogP contribution in [0.25, 0.3) is 0 Å². The van der Waals surface area contributed by atoms with E-state index in [2.05, 4.69) is 5.32 Å². The molecule has 0 bridgehead atoms. The molecule has 18 heavy (non-hydrogen) atoms. The van der Waals surface area contributed by atoms with E-state index in [1.807, 2.05) is 20.8 Å². The number of nitrogens with one attached hydrogen (secondary N) is 1. The van der Waals surface area contributed by atoms with E-state index in [9.17, 15) is 10.1 Å². The lowest BCUT2D eigenvalue weighted by Crippen LogP contribution is -2.30. The van der Waals surface area contributed by atoms with Crippen molar-refractivity contribution in [2.45, 2.75) is 32.7 Å². The molecule has 0 fully saturated rings. The van der Waals surface area contributed by atoms with Crippen LogP contribution in [0.2, 0.25) is 0 Å². The van der Waals surface area contributed by atoms with Crippen molar-refractivity contribution in [3.05, 3.63) is 33.9 Å². The van der Waals surface area contributed by atoms with E-state index < -0.39 is 0 Å². The minimum atomic E-state index is -0.354. The second-order valence-corrected chi connectivity index (χ2v) is 4.32. The van der Waals surface area contributed by atoms with Gasteiger partial charge in [-0.25, -0.2) is 0 Å². The third-order valence-corrected chi connectivity index (χ3v) is 3.20. The Morgan fingerprint density at radius 2 is 2.11 bits per heavy atom. The van der Waals surface area contributed by atoms with Crippen molar-refractivity contribution in [2.24, 2.45) is 0 Å². The van der Waals surface area contributed by atoms with Gasteiger partial charge in [0.05, 0.1) is 18.1 Å². The summed E-state index contributed by atoms with van der Waals surface area (Å²) in [5.74, 6) is 0.574. The molecular weight excluding hydrogens is 232 g/mol. The predicted octanol–water partition coefficient (Wildman–Crippen LogP) is 2.70. The summed E-state index contributed by atoms with van der Waals surface area (Å²) in [6, 6.07) is 5.19. The summed E-state index contributed by atoms with van der Waals surface area (Å²) in [7, 11) is 1.50. The largest absolute Gasteiger partial charge is 0.497 e. The zero-order valence-corrected chi connectivity index (χ0v) is 11.3. The molecule has 0 saturated carbocycles. The first-order valence-electron chi connectivity index (χ1n) is 6.07. The smallest absolute Gasteiger partial charge is 0.276 e. The Hall–Kier alpha value is -1.62. The first kappa shape index (κ1) is 14.4. The zero-order valence-electron chi connectivity index (χ0n) is 11.3. The highest BCUT2D eigenvalue weighted by molar-refractivity contribution is 5.48. The van der Waals surface area contributed by atoms with Crippen LogP contribution in [0, 0.1) is 10.1 Å². The zero-order chi connectivity index (χ0) is 13.7. The number of likely N-dealkylation sites (N-methyl/N-ethyl adjacent to an activating group) is 1. The lowest BCUT2D eigenvalue weighted by atomic mass is 9.93. The van der Waals surface area contributed by atoms with E-state index in [0.717, 1.165) is 12.1 Å². The number of ether oxygens (including phenoxy) is 1. The number of nitro groups is 1. The van der Waals surface area contributed by atoms with Crippen molar-refractivity contribution in [1.82, 2.24) is 5.32 Å². The molecule has 0 aliphatic carbocycles. The van der Waals surface area contributed by atoms with Crippen LogP contribution in [0.4, 0.5) is 5.69 Å². The molecule has 1 aromatic carbocycles. The highest BCUT2D eigenvalue weighted by Crippen LogP contribution is 2.31. The Labute approximate surface area is 107 Å². The number of rotatable bonds is 6. The van der Waals surface area contributed by atoms with Gasteiger partial charge in [0.25, 0.3) is 5.69 Å². The average Bonchev–Trinajstić information content (AvgIpc) is 2.37. The molecule has 0 saturated heterocycles. The summed E-state index contributed by atoms with van der Waals surface area (Å²) in [5.41, 5.74) is 0.848. The molecule has 0 aromatic heterocycles. The molecular formula is C13H20N2O3. The van der Waals surface area contributed by atoms with Crippen molar-refractivity contribution in [2.75, 3.05) is 13.7 Å². The third-order valence-electron chi connectivity index (χ3n) is 3.20. The molecule has 5 nitrogen and oxygen atoms in total. The molecule has 5 heteroatoms. The van der Waals surface area contributed by atoms with Gasteiger partial charge < -0.3 is 10.1 Å². The van der Waals surface area contributed by atoms with Gasteiger partial charge in [-0.3, -0.25) is 10.1 Å². The maximum atomic E-state index is 11.1. The van der Waals surface area contributed by atoms with Gasteiger partial charge in [-0.05, 0) is 25.6 Å². The fourth-order valence-electron chi connectivity index (χ4n) is 1.96. The third kappa shape index (κ3) is 3.20.